The second-order valence-electron chi connectivity index (χ2n) is 7.55. The van der Waals surface area contributed by atoms with Gasteiger partial charge in [-0.1, -0.05) is 6.92 Å². The van der Waals surface area contributed by atoms with Crippen LogP contribution in [0.2, 0.25) is 0 Å². The van der Waals surface area contributed by atoms with E-state index in [-0.39, 0.29) is 41.7 Å². The van der Waals surface area contributed by atoms with Crippen molar-refractivity contribution in [3.63, 3.8) is 0 Å². The van der Waals surface area contributed by atoms with Crippen LogP contribution in [0.5, 0.6) is 0 Å². The molecule has 3 heterocycles. The maximum Gasteiger partial charge on any atom is 0.246 e. The summed E-state index contributed by atoms with van der Waals surface area (Å²) in [6, 6.07) is 0.161. The third kappa shape index (κ3) is 4.64. The first kappa shape index (κ1) is 22.1. The van der Waals surface area contributed by atoms with Crippen LogP contribution in [0.4, 0.5) is 0 Å². The number of carbonyl (C=O) groups is 1. The van der Waals surface area contributed by atoms with Gasteiger partial charge in [0, 0.05) is 19.1 Å². The predicted octanol–water partition coefficient (Wildman–Crippen LogP) is 0.963. The van der Waals surface area contributed by atoms with Gasteiger partial charge < -0.3 is 10.6 Å². The SMILES string of the molecule is Cc1n[nH]c(C)c1S(=O)(=O)N1CCCC(C(=O)NC2CCNCC2C)C1.Cl. The maximum atomic E-state index is 13.0. The van der Waals surface area contributed by atoms with Crippen LogP contribution in [0.1, 0.15) is 37.6 Å². The summed E-state index contributed by atoms with van der Waals surface area (Å²) in [5, 5.41) is 13.2. The molecule has 154 valence electrons. The van der Waals surface area contributed by atoms with Crippen molar-refractivity contribution < 1.29 is 13.2 Å². The third-order valence-electron chi connectivity index (χ3n) is 5.53. The zero-order valence-electron chi connectivity index (χ0n) is 16.1. The molecule has 2 fully saturated rings. The van der Waals surface area contributed by atoms with E-state index in [1.54, 1.807) is 13.8 Å². The van der Waals surface area contributed by atoms with Crippen LogP contribution in [-0.4, -0.2) is 61.0 Å². The first-order valence-corrected chi connectivity index (χ1v) is 10.8. The lowest BCUT2D eigenvalue weighted by molar-refractivity contribution is -0.127. The number of hydrogen-bond donors (Lipinski definition) is 3. The largest absolute Gasteiger partial charge is 0.353 e. The molecule has 3 atom stereocenters. The average molecular weight is 420 g/mol. The van der Waals surface area contributed by atoms with Crippen LogP contribution in [0, 0.1) is 25.7 Å². The summed E-state index contributed by atoms with van der Waals surface area (Å²) in [5.41, 5.74) is 1.01. The molecule has 0 aromatic carbocycles. The van der Waals surface area contributed by atoms with Gasteiger partial charge in [-0.05, 0) is 52.1 Å². The Morgan fingerprint density at radius 2 is 2.04 bits per heavy atom. The molecule has 1 amide bonds. The first-order valence-electron chi connectivity index (χ1n) is 9.33. The lowest BCUT2D eigenvalue weighted by Crippen LogP contribution is -2.52. The minimum Gasteiger partial charge on any atom is -0.353 e. The van der Waals surface area contributed by atoms with E-state index in [0.29, 0.717) is 30.3 Å². The van der Waals surface area contributed by atoms with Crippen molar-refractivity contribution in [3.8, 4) is 0 Å². The minimum atomic E-state index is -3.64. The van der Waals surface area contributed by atoms with Crippen molar-refractivity contribution in [2.24, 2.45) is 11.8 Å². The molecule has 0 radical (unpaired) electrons. The summed E-state index contributed by atoms with van der Waals surface area (Å²) in [6.45, 7) is 7.99. The van der Waals surface area contributed by atoms with Crippen LogP contribution >= 0.6 is 12.4 Å². The number of piperidine rings is 2. The number of nitrogens with one attached hydrogen (secondary N) is 3. The Kier molecular flexibility index (Phi) is 7.29. The van der Waals surface area contributed by atoms with Crippen LogP contribution in [0.25, 0.3) is 0 Å². The number of aromatic amines is 1. The van der Waals surface area contributed by atoms with Crippen molar-refractivity contribution in [1.29, 1.82) is 0 Å². The molecule has 0 saturated carbocycles. The number of carbonyl (C=O) groups excluding carboxylic acids is 1. The Labute approximate surface area is 167 Å². The second-order valence-corrected chi connectivity index (χ2v) is 9.43. The van der Waals surface area contributed by atoms with Gasteiger partial charge in [-0.15, -0.1) is 12.4 Å². The molecule has 2 saturated heterocycles. The van der Waals surface area contributed by atoms with Gasteiger partial charge in [0.05, 0.1) is 17.3 Å². The van der Waals surface area contributed by atoms with Gasteiger partial charge in [0.2, 0.25) is 15.9 Å². The Morgan fingerprint density at radius 1 is 1.30 bits per heavy atom. The number of halogens is 1. The molecule has 2 aliphatic rings. The molecule has 0 bridgehead atoms. The molecule has 10 heteroatoms. The molecule has 1 aromatic heterocycles. The number of aryl methyl sites for hydroxylation is 2. The highest BCUT2D eigenvalue weighted by Gasteiger charge is 2.36. The van der Waals surface area contributed by atoms with Gasteiger partial charge in [0.1, 0.15) is 4.90 Å². The number of sulfonamides is 1. The van der Waals surface area contributed by atoms with Crippen molar-refractivity contribution in [2.75, 3.05) is 26.2 Å². The highest BCUT2D eigenvalue weighted by Crippen LogP contribution is 2.27. The van der Waals surface area contributed by atoms with Crippen LogP contribution < -0.4 is 10.6 Å². The zero-order chi connectivity index (χ0) is 18.9. The zero-order valence-corrected chi connectivity index (χ0v) is 17.8. The Balaban J connectivity index is 0.00000261. The third-order valence-corrected chi connectivity index (χ3v) is 7.66. The lowest BCUT2D eigenvalue weighted by atomic mass is 9.93. The van der Waals surface area contributed by atoms with Crippen molar-refractivity contribution in [1.82, 2.24) is 25.1 Å². The number of H-pyrrole nitrogens is 1. The predicted molar refractivity (Wildman–Crippen MR) is 105 cm³/mol. The number of aromatic nitrogens is 2. The first-order chi connectivity index (χ1) is 12.3. The molecule has 0 aliphatic carbocycles. The minimum absolute atomic E-state index is 0. The van der Waals surface area contributed by atoms with E-state index in [2.05, 4.69) is 27.8 Å². The maximum absolute atomic E-state index is 13.0. The van der Waals surface area contributed by atoms with E-state index in [1.807, 2.05) is 0 Å². The molecule has 27 heavy (non-hydrogen) atoms. The number of nitrogens with zero attached hydrogens (tertiary/aromatic N) is 2. The van der Waals surface area contributed by atoms with E-state index < -0.39 is 10.0 Å². The van der Waals surface area contributed by atoms with Crippen LogP contribution in [0.3, 0.4) is 0 Å². The molecule has 3 unspecified atom stereocenters. The Morgan fingerprint density at radius 3 is 2.67 bits per heavy atom. The smallest absolute Gasteiger partial charge is 0.246 e. The summed E-state index contributed by atoms with van der Waals surface area (Å²) < 4.78 is 27.5. The van der Waals surface area contributed by atoms with Crippen molar-refractivity contribution in [2.45, 2.75) is 51.0 Å². The highest BCUT2D eigenvalue weighted by molar-refractivity contribution is 7.89. The van der Waals surface area contributed by atoms with Gasteiger partial charge in [-0.3, -0.25) is 9.89 Å². The lowest BCUT2D eigenvalue weighted by Gasteiger charge is -2.34. The summed E-state index contributed by atoms with van der Waals surface area (Å²) in [4.78, 5) is 13.0. The molecule has 8 nitrogen and oxygen atoms in total. The summed E-state index contributed by atoms with van der Waals surface area (Å²) in [6.07, 6.45) is 2.32. The highest BCUT2D eigenvalue weighted by atomic mass is 35.5. The van der Waals surface area contributed by atoms with Gasteiger partial charge in [-0.25, -0.2) is 8.42 Å². The summed E-state index contributed by atoms with van der Waals surface area (Å²) in [5.74, 6) is 0.0600. The van der Waals surface area contributed by atoms with Crippen molar-refractivity contribution >= 4 is 28.3 Å². The topological polar surface area (TPSA) is 107 Å². The van der Waals surface area contributed by atoms with Crippen LogP contribution in [-0.2, 0) is 14.8 Å². The quantitative estimate of drug-likeness (QED) is 0.673. The second kappa shape index (κ2) is 8.89. The van der Waals surface area contributed by atoms with E-state index in [4.69, 9.17) is 0 Å². The molecular weight excluding hydrogens is 390 g/mol. The molecule has 2 aliphatic heterocycles. The van der Waals surface area contributed by atoms with Gasteiger partial charge in [0.25, 0.3) is 0 Å². The molecule has 3 N–H and O–H groups in total. The van der Waals surface area contributed by atoms with E-state index in [1.165, 1.54) is 4.31 Å². The number of rotatable bonds is 4. The van der Waals surface area contributed by atoms with Gasteiger partial charge in [0.15, 0.2) is 0 Å². The van der Waals surface area contributed by atoms with Gasteiger partial charge >= 0.3 is 0 Å². The number of amides is 1. The normalized spacial score (nSPS) is 27.0. The number of hydrogen-bond acceptors (Lipinski definition) is 5. The van der Waals surface area contributed by atoms with E-state index in [0.717, 1.165) is 25.9 Å². The molecular formula is C17H30ClN5O3S. The Bertz CT molecular complexity index is 747. The fourth-order valence-corrected chi connectivity index (χ4v) is 5.81. The van der Waals surface area contributed by atoms with Gasteiger partial charge in [-0.2, -0.15) is 9.40 Å². The Hall–Kier alpha value is -1.16. The van der Waals surface area contributed by atoms with E-state index in [9.17, 15) is 13.2 Å². The van der Waals surface area contributed by atoms with Crippen LogP contribution in [0.15, 0.2) is 4.90 Å². The van der Waals surface area contributed by atoms with Crippen molar-refractivity contribution in [3.05, 3.63) is 11.4 Å². The summed E-state index contributed by atoms with van der Waals surface area (Å²) >= 11 is 0. The monoisotopic (exact) mass is 419 g/mol. The average Bonchev–Trinajstić information content (AvgIpc) is 2.96. The standard InChI is InChI=1S/C17H29N5O3S.ClH/c1-11-9-18-7-6-15(11)19-17(23)14-5-4-8-22(10-14)26(24,25)16-12(2)20-21-13(16)3;/h11,14-15,18H,4-10H2,1-3H3,(H,19,23)(H,20,21);1H. The molecule has 1 aromatic rings. The van der Waals surface area contributed by atoms with E-state index >= 15 is 0 Å². The summed E-state index contributed by atoms with van der Waals surface area (Å²) in [7, 11) is -3.64. The fourth-order valence-electron chi connectivity index (χ4n) is 3.95. The molecule has 0 spiro atoms. The molecule has 3 rings (SSSR count). The fraction of sp³-hybridized carbons (Fsp3) is 0.765.